The first-order valence-corrected chi connectivity index (χ1v) is 8.93. The van der Waals surface area contributed by atoms with Crippen molar-refractivity contribution in [3.05, 3.63) is 83.3 Å². The summed E-state index contributed by atoms with van der Waals surface area (Å²) in [5.41, 5.74) is 2.38. The zero-order chi connectivity index (χ0) is 16.4. The molecule has 0 saturated carbocycles. The van der Waals surface area contributed by atoms with Gasteiger partial charge in [-0.15, -0.1) is 0 Å². The van der Waals surface area contributed by atoms with Gasteiger partial charge in [0.1, 0.15) is 0 Å². The molecule has 0 aliphatic carbocycles. The Hall–Kier alpha value is -2.66. The zero-order valence-corrected chi connectivity index (χ0v) is 13.3. The summed E-state index contributed by atoms with van der Waals surface area (Å²) in [4.78, 5) is 12.4. The van der Waals surface area contributed by atoms with E-state index in [0.717, 1.165) is 17.4 Å². The lowest BCUT2D eigenvalue weighted by atomic mass is 10.1. The van der Waals surface area contributed by atoms with Crippen LogP contribution in [0.5, 0.6) is 0 Å². The predicted octanol–water partition coefficient (Wildman–Crippen LogP) is 2.91. The maximum atomic E-state index is 12.1. The number of benzene rings is 2. The highest BCUT2D eigenvalue weighted by Gasteiger charge is 2.08. The van der Waals surface area contributed by atoms with Gasteiger partial charge >= 0.3 is 0 Å². The fraction of sp³-hybridized carbons (Fsp3) is 0.0556. The molecule has 0 bridgehead atoms. The molecule has 1 aromatic heterocycles. The van der Waals surface area contributed by atoms with E-state index in [4.69, 9.17) is 0 Å². The largest absolute Gasteiger partial charge is 0.284 e. The Morgan fingerprint density at radius 2 is 1.43 bits per heavy atom. The molecule has 3 rings (SSSR count). The van der Waals surface area contributed by atoms with Gasteiger partial charge in [-0.25, -0.2) is 8.42 Å². The summed E-state index contributed by atoms with van der Waals surface area (Å²) in [5.74, 6) is 0. The molecule has 0 atom stereocenters. The van der Waals surface area contributed by atoms with Gasteiger partial charge in [0.15, 0.2) is 9.84 Å². The van der Waals surface area contributed by atoms with Crippen molar-refractivity contribution in [3.8, 4) is 16.8 Å². The van der Waals surface area contributed by atoms with Gasteiger partial charge in [0.2, 0.25) is 0 Å². The lowest BCUT2D eigenvalue weighted by molar-refractivity contribution is 0.602. The molecule has 0 radical (unpaired) electrons. The minimum Gasteiger partial charge on any atom is -0.284 e. The van der Waals surface area contributed by atoms with Crippen molar-refractivity contribution in [1.82, 2.24) is 4.57 Å². The van der Waals surface area contributed by atoms with E-state index in [1.54, 1.807) is 24.4 Å². The molecule has 4 nitrogen and oxygen atoms in total. The van der Waals surface area contributed by atoms with Crippen molar-refractivity contribution in [2.45, 2.75) is 4.90 Å². The molecular weight excluding hydrogens is 310 g/mol. The van der Waals surface area contributed by atoms with Crippen LogP contribution in [-0.4, -0.2) is 19.2 Å². The normalized spacial score (nSPS) is 11.3. The molecule has 0 spiro atoms. The summed E-state index contributed by atoms with van der Waals surface area (Å²) < 4.78 is 24.5. The van der Waals surface area contributed by atoms with Gasteiger partial charge in [0.05, 0.1) is 4.90 Å². The van der Waals surface area contributed by atoms with E-state index in [1.165, 1.54) is 22.8 Å². The van der Waals surface area contributed by atoms with Gasteiger partial charge < -0.3 is 0 Å². The van der Waals surface area contributed by atoms with Crippen molar-refractivity contribution in [3.63, 3.8) is 0 Å². The number of pyridine rings is 1. The SMILES string of the molecule is CS(=O)(=O)c1ccc(-n2cc(-c3ccccc3)ccc2=O)cc1. The van der Waals surface area contributed by atoms with Crippen LogP contribution in [-0.2, 0) is 9.84 Å². The van der Waals surface area contributed by atoms with Crippen LogP contribution in [0.15, 0.2) is 82.6 Å². The molecule has 0 fully saturated rings. The number of hydrogen-bond acceptors (Lipinski definition) is 3. The van der Waals surface area contributed by atoms with E-state index in [1.807, 2.05) is 30.3 Å². The molecule has 3 aromatic rings. The third kappa shape index (κ3) is 3.24. The summed E-state index contributed by atoms with van der Waals surface area (Å²) in [6.07, 6.45) is 2.91. The van der Waals surface area contributed by atoms with Crippen molar-refractivity contribution >= 4 is 9.84 Å². The minimum atomic E-state index is -3.25. The molecule has 0 unspecified atom stereocenters. The number of rotatable bonds is 3. The highest BCUT2D eigenvalue weighted by Crippen LogP contribution is 2.19. The van der Waals surface area contributed by atoms with Crippen LogP contribution in [0.3, 0.4) is 0 Å². The summed E-state index contributed by atoms with van der Waals surface area (Å²) in [7, 11) is -3.25. The minimum absolute atomic E-state index is 0.170. The van der Waals surface area contributed by atoms with E-state index >= 15 is 0 Å². The van der Waals surface area contributed by atoms with Gasteiger partial charge in [-0.05, 0) is 41.5 Å². The van der Waals surface area contributed by atoms with E-state index in [2.05, 4.69) is 0 Å². The van der Waals surface area contributed by atoms with Crippen molar-refractivity contribution < 1.29 is 8.42 Å². The Bertz CT molecular complexity index is 988. The lowest BCUT2D eigenvalue weighted by Gasteiger charge is -2.09. The molecule has 1 heterocycles. The van der Waals surface area contributed by atoms with Crippen molar-refractivity contribution in [1.29, 1.82) is 0 Å². The molecule has 5 heteroatoms. The summed E-state index contributed by atoms with van der Waals surface area (Å²) in [5, 5.41) is 0. The molecule has 116 valence electrons. The van der Waals surface area contributed by atoms with Crippen LogP contribution >= 0.6 is 0 Å². The van der Waals surface area contributed by atoms with Crippen LogP contribution in [0, 0.1) is 0 Å². The molecule has 0 aliphatic rings. The van der Waals surface area contributed by atoms with E-state index in [9.17, 15) is 13.2 Å². The van der Waals surface area contributed by atoms with Crippen LogP contribution in [0.4, 0.5) is 0 Å². The summed E-state index contributed by atoms with van der Waals surface area (Å²) in [6.45, 7) is 0. The standard InChI is InChI=1S/C18H15NO3S/c1-23(21,22)17-10-8-16(9-11-17)19-13-15(7-12-18(19)20)14-5-3-2-4-6-14/h2-13H,1H3. The zero-order valence-electron chi connectivity index (χ0n) is 12.5. The van der Waals surface area contributed by atoms with Crippen LogP contribution in [0.25, 0.3) is 16.8 Å². The number of nitrogens with zero attached hydrogens (tertiary/aromatic N) is 1. The first kappa shape index (κ1) is 15.2. The van der Waals surface area contributed by atoms with Crippen LogP contribution in [0.2, 0.25) is 0 Å². The second-order valence-corrected chi connectivity index (χ2v) is 7.27. The number of hydrogen-bond donors (Lipinski definition) is 0. The molecular formula is C18H15NO3S. The molecule has 0 N–H and O–H groups in total. The first-order chi connectivity index (χ1) is 10.9. The van der Waals surface area contributed by atoms with E-state index in [-0.39, 0.29) is 10.5 Å². The average Bonchev–Trinajstić information content (AvgIpc) is 2.55. The predicted molar refractivity (Wildman–Crippen MR) is 90.6 cm³/mol. The third-order valence-electron chi connectivity index (χ3n) is 3.56. The fourth-order valence-electron chi connectivity index (χ4n) is 2.34. The monoisotopic (exact) mass is 325 g/mol. The first-order valence-electron chi connectivity index (χ1n) is 7.04. The smallest absolute Gasteiger partial charge is 0.255 e. The maximum Gasteiger partial charge on any atom is 0.255 e. The topological polar surface area (TPSA) is 56.1 Å². The van der Waals surface area contributed by atoms with Crippen molar-refractivity contribution in [2.75, 3.05) is 6.26 Å². The molecule has 23 heavy (non-hydrogen) atoms. The second kappa shape index (κ2) is 5.85. The van der Waals surface area contributed by atoms with Gasteiger partial charge in [0.25, 0.3) is 5.56 Å². The van der Waals surface area contributed by atoms with Crippen LogP contribution < -0.4 is 5.56 Å². The number of aromatic nitrogens is 1. The van der Waals surface area contributed by atoms with Crippen LogP contribution in [0.1, 0.15) is 0 Å². The summed E-state index contributed by atoms with van der Waals surface area (Å²) >= 11 is 0. The maximum absolute atomic E-state index is 12.1. The van der Waals surface area contributed by atoms with Gasteiger partial charge in [-0.3, -0.25) is 9.36 Å². The Morgan fingerprint density at radius 1 is 0.783 bits per heavy atom. The van der Waals surface area contributed by atoms with E-state index in [0.29, 0.717) is 5.69 Å². The molecule has 0 amide bonds. The molecule has 0 aliphatic heterocycles. The fourth-order valence-corrected chi connectivity index (χ4v) is 2.97. The third-order valence-corrected chi connectivity index (χ3v) is 4.69. The summed E-state index contributed by atoms with van der Waals surface area (Å²) in [6, 6.07) is 19.3. The molecule has 0 saturated heterocycles. The van der Waals surface area contributed by atoms with Gasteiger partial charge in [-0.2, -0.15) is 0 Å². The Morgan fingerprint density at radius 3 is 2.04 bits per heavy atom. The van der Waals surface area contributed by atoms with Crippen molar-refractivity contribution in [2.24, 2.45) is 0 Å². The van der Waals surface area contributed by atoms with Gasteiger partial charge in [-0.1, -0.05) is 30.3 Å². The Labute approximate surface area is 134 Å². The van der Waals surface area contributed by atoms with E-state index < -0.39 is 9.84 Å². The number of sulfone groups is 1. The lowest BCUT2D eigenvalue weighted by Crippen LogP contribution is -2.16. The Balaban J connectivity index is 2.08. The highest BCUT2D eigenvalue weighted by molar-refractivity contribution is 7.90. The average molecular weight is 325 g/mol. The second-order valence-electron chi connectivity index (χ2n) is 5.26. The van der Waals surface area contributed by atoms with Gasteiger partial charge in [0, 0.05) is 24.2 Å². The quantitative estimate of drug-likeness (QED) is 0.744. The highest BCUT2D eigenvalue weighted by atomic mass is 32.2. The Kier molecular flexibility index (Phi) is 3.88. The molecule has 2 aromatic carbocycles.